The smallest absolute Gasteiger partial charge is 0.303 e. The Hall–Kier alpha value is -2.17. The third-order valence-electron chi connectivity index (χ3n) is 2.24. The quantitative estimate of drug-likeness (QED) is 0.573. The number of carbonyl (C=O) groups is 2. The maximum atomic E-state index is 12.9. The number of amides is 3. The lowest BCUT2D eigenvalue weighted by atomic mass is 10.2. The van der Waals surface area contributed by atoms with Crippen molar-refractivity contribution in [2.45, 2.75) is 0 Å². The van der Waals surface area contributed by atoms with Crippen molar-refractivity contribution >= 4 is 18.0 Å². The molecule has 1 heterocycles. The first-order valence-electron chi connectivity index (χ1n) is 4.64. The standard InChI is InChI=1S/C11H9FN2O2/c1-14-10(15)9(13-11(14)16)6-7-3-2-4-8(12)5-7/h2-6H,1H3,(H,13,16)/b9-6+. The molecule has 5 heteroatoms. The molecule has 1 N–H and O–H groups in total. The second-order valence-electron chi connectivity index (χ2n) is 3.41. The number of rotatable bonds is 1. The van der Waals surface area contributed by atoms with E-state index in [0.717, 1.165) is 4.90 Å². The molecule has 3 amide bonds. The molecule has 1 aliphatic rings. The summed E-state index contributed by atoms with van der Waals surface area (Å²) in [6.45, 7) is 0. The summed E-state index contributed by atoms with van der Waals surface area (Å²) in [5, 5.41) is 2.40. The molecule has 0 bridgehead atoms. The minimum Gasteiger partial charge on any atom is -0.303 e. The number of likely N-dealkylation sites (N-methyl/N-ethyl adjacent to an activating group) is 1. The van der Waals surface area contributed by atoms with Crippen LogP contribution in [0, 0.1) is 5.82 Å². The molecule has 0 aromatic heterocycles. The van der Waals surface area contributed by atoms with E-state index in [1.165, 1.54) is 31.3 Å². The van der Waals surface area contributed by atoms with Gasteiger partial charge in [0.15, 0.2) is 0 Å². The average Bonchev–Trinajstić information content (AvgIpc) is 2.47. The normalized spacial score (nSPS) is 18.1. The molecule has 0 aliphatic carbocycles. The number of nitrogens with one attached hydrogen (secondary N) is 1. The van der Waals surface area contributed by atoms with Crippen molar-refractivity contribution in [3.63, 3.8) is 0 Å². The number of hydrogen-bond donors (Lipinski definition) is 1. The van der Waals surface area contributed by atoms with Crippen molar-refractivity contribution in [1.29, 1.82) is 0 Å². The summed E-state index contributed by atoms with van der Waals surface area (Å²) < 4.78 is 12.9. The van der Waals surface area contributed by atoms with Crippen LogP contribution in [-0.2, 0) is 4.79 Å². The van der Waals surface area contributed by atoms with Gasteiger partial charge in [-0.1, -0.05) is 12.1 Å². The van der Waals surface area contributed by atoms with Crippen molar-refractivity contribution < 1.29 is 14.0 Å². The van der Waals surface area contributed by atoms with E-state index in [1.807, 2.05) is 0 Å². The predicted molar refractivity (Wildman–Crippen MR) is 55.7 cm³/mol. The van der Waals surface area contributed by atoms with Gasteiger partial charge in [-0.25, -0.2) is 9.18 Å². The highest BCUT2D eigenvalue weighted by molar-refractivity contribution is 6.13. The summed E-state index contributed by atoms with van der Waals surface area (Å²) >= 11 is 0. The molecule has 0 saturated carbocycles. The fourth-order valence-corrected chi connectivity index (χ4v) is 1.39. The summed E-state index contributed by atoms with van der Waals surface area (Å²) in [6, 6.07) is 5.29. The molecule has 0 unspecified atom stereocenters. The van der Waals surface area contributed by atoms with Crippen LogP contribution in [0.2, 0.25) is 0 Å². The minimum absolute atomic E-state index is 0.151. The number of nitrogens with zero attached hydrogens (tertiary/aromatic N) is 1. The largest absolute Gasteiger partial charge is 0.328 e. The van der Waals surface area contributed by atoms with Gasteiger partial charge in [0.1, 0.15) is 11.5 Å². The summed E-state index contributed by atoms with van der Waals surface area (Å²) in [6.07, 6.45) is 1.44. The first kappa shape index (κ1) is 10.4. The Bertz CT molecular complexity index is 497. The molecule has 0 radical (unpaired) electrons. The third kappa shape index (κ3) is 1.79. The zero-order valence-electron chi connectivity index (χ0n) is 8.53. The Morgan fingerprint density at radius 3 is 2.69 bits per heavy atom. The summed E-state index contributed by atoms with van der Waals surface area (Å²) in [5.41, 5.74) is 0.678. The van der Waals surface area contributed by atoms with Crippen LogP contribution < -0.4 is 5.32 Å². The number of urea groups is 1. The van der Waals surface area contributed by atoms with Gasteiger partial charge in [-0.15, -0.1) is 0 Å². The fraction of sp³-hybridized carbons (Fsp3) is 0.0909. The van der Waals surface area contributed by atoms with Crippen LogP contribution in [0.4, 0.5) is 9.18 Å². The molecule has 1 aliphatic heterocycles. The fourth-order valence-electron chi connectivity index (χ4n) is 1.39. The Morgan fingerprint density at radius 1 is 1.38 bits per heavy atom. The molecule has 1 aromatic rings. The van der Waals surface area contributed by atoms with E-state index in [2.05, 4.69) is 5.32 Å². The molecule has 16 heavy (non-hydrogen) atoms. The molecular weight excluding hydrogens is 211 g/mol. The highest BCUT2D eigenvalue weighted by Crippen LogP contribution is 2.13. The first-order valence-corrected chi connectivity index (χ1v) is 4.64. The Kier molecular flexibility index (Phi) is 2.44. The van der Waals surface area contributed by atoms with E-state index < -0.39 is 11.9 Å². The van der Waals surface area contributed by atoms with Gasteiger partial charge in [-0.3, -0.25) is 9.69 Å². The molecule has 1 aromatic carbocycles. The van der Waals surface area contributed by atoms with Crippen LogP contribution in [0.15, 0.2) is 30.0 Å². The van der Waals surface area contributed by atoms with Crippen LogP contribution in [0.3, 0.4) is 0 Å². The second kappa shape index (κ2) is 3.77. The van der Waals surface area contributed by atoms with E-state index in [9.17, 15) is 14.0 Å². The molecule has 2 rings (SSSR count). The molecule has 0 spiro atoms. The third-order valence-corrected chi connectivity index (χ3v) is 2.24. The molecule has 4 nitrogen and oxygen atoms in total. The maximum absolute atomic E-state index is 12.9. The predicted octanol–water partition coefficient (Wildman–Crippen LogP) is 1.35. The van der Waals surface area contributed by atoms with Gasteiger partial charge in [0.2, 0.25) is 0 Å². The molecule has 82 valence electrons. The van der Waals surface area contributed by atoms with Crippen molar-refractivity contribution in [2.75, 3.05) is 7.05 Å². The molecule has 1 saturated heterocycles. The lowest BCUT2D eigenvalue weighted by molar-refractivity contribution is -0.121. The summed E-state index contributed by atoms with van der Waals surface area (Å²) in [7, 11) is 1.38. The zero-order valence-corrected chi connectivity index (χ0v) is 8.53. The Balaban J connectivity index is 2.33. The molecule has 0 atom stereocenters. The van der Waals surface area contributed by atoms with E-state index in [-0.39, 0.29) is 11.5 Å². The van der Waals surface area contributed by atoms with Crippen molar-refractivity contribution in [1.82, 2.24) is 10.2 Å². The summed E-state index contributed by atoms with van der Waals surface area (Å²) in [5.74, 6) is -0.811. The van der Waals surface area contributed by atoms with Crippen LogP contribution in [0.1, 0.15) is 5.56 Å². The molecule has 1 fully saturated rings. The van der Waals surface area contributed by atoms with E-state index >= 15 is 0 Å². The van der Waals surface area contributed by atoms with Gasteiger partial charge >= 0.3 is 6.03 Å². The topological polar surface area (TPSA) is 49.4 Å². The van der Waals surface area contributed by atoms with Gasteiger partial charge in [0.05, 0.1) is 0 Å². The van der Waals surface area contributed by atoms with Gasteiger partial charge in [0.25, 0.3) is 5.91 Å². The van der Waals surface area contributed by atoms with Crippen LogP contribution in [0.25, 0.3) is 6.08 Å². The van der Waals surface area contributed by atoms with Crippen LogP contribution in [-0.4, -0.2) is 23.9 Å². The lowest BCUT2D eigenvalue weighted by Crippen LogP contribution is -2.25. The zero-order chi connectivity index (χ0) is 11.7. The van der Waals surface area contributed by atoms with Gasteiger partial charge in [-0.05, 0) is 23.8 Å². The molecular formula is C11H9FN2O2. The number of halogens is 1. The van der Waals surface area contributed by atoms with E-state index in [0.29, 0.717) is 5.56 Å². The van der Waals surface area contributed by atoms with Crippen molar-refractivity contribution in [2.24, 2.45) is 0 Å². The second-order valence-corrected chi connectivity index (χ2v) is 3.41. The van der Waals surface area contributed by atoms with Crippen molar-refractivity contribution in [3.05, 3.63) is 41.3 Å². The van der Waals surface area contributed by atoms with Crippen molar-refractivity contribution in [3.8, 4) is 0 Å². The SMILES string of the molecule is CN1C(=O)N/C(=C/c2cccc(F)c2)C1=O. The highest BCUT2D eigenvalue weighted by atomic mass is 19.1. The van der Waals surface area contributed by atoms with Gasteiger partial charge in [0, 0.05) is 7.05 Å². The minimum atomic E-state index is -0.479. The Labute approximate surface area is 91.4 Å². The number of imide groups is 1. The maximum Gasteiger partial charge on any atom is 0.328 e. The number of benzene rings is 1. The monoisotopic (exact) mass is 220 g/mol. The van der Waals surface area contributed by atoms with Gasteiger partial charge in [-0.2, -0.15) is 0 Å². The lowest BCUT2D eigenvalue weighted by Gasteiger charge is -1.99. The van der Waals surface area contributed by atoms with E-state index in [4.69, 9.17) is 0 Å². The van der Waals surface area contributed by atoms with Crippen LogP contribution >= 0.6 is 0 Å². The number of hydrogen-bond acceptors (Lipinski definition) is 2. The highest BCUT2D eigenvalue weighted by Gasteiger charge is 2.29. The van der Waals surface area contributed by atoms with Gasteiger partial charge < -0.3 is 5.32 Å². The summed E-state index contributed by atoms with van der Waals surface area (Å²) in [4.78, 5) is 23.6. The van der Waals surface area contributed by atoms with E-state index in [1.54, 1.807) is 6.07 Å². The Morgan fingerprint density at radius 2 is 2.12 bits per heavy atom. The first-order chi connectivity index (χ1) is 7.58. The number of carbonyl (C=O) groups excluding carboxylic acids is 2. The van der Waals surface area contributed by atoms with Crippen LogP contribution in [0.5, 0.6) is 0 Å². The average molecular weight is 220 g/mol.